The summed E-state index contributed by atoms with van der Waals surface area (Å²) in [4.78, 5) is 85.1. The van der Waals surface area contributed by atoms with Crippen molar-refractivity contribution in [3.63, 3.8) is 0 Å². The third-order valence-electron chi connectivity index (χ3n) is 3.99. The van der Waals surface area contributed by atoms with Gasteiger partial charge in [0.25, 0.3) is 0 Å². The number of ketones is 1. The number of carboxylic acids is 1. The molecule has 1 unspecified atom stereocenters. The van der Waals surface area contributed by atoms with Crippen molar-refractivity contribution in [1.82, 2.24) is 15.5 Å². The number of amides is 2. The maximum Gasteiger partial charge on any atom is 0.411 e. The number of Topliss-reactive ketones (excluding diaryl/α,β-unsaturated/α-hetero) is 1. The molecule has 0 radical (unpaired) electrons. The van der Waals surface area contributed by atoms with Crippen LogP contribution in [-0.2, 0) is 47.7 Å². The van der Waals surface area contributed by atoms with Gasteiger partial charge in [-0.2, -0.15) is 0 Å². The molecule has 0 aliphatic carbocycles. The number of ether oxygens (including phenoxy) is 4. The molecule has 0 fully saturated rings. The monoisotopic (exact) mass is 533 g/mol. The minimum atomic E-state index is -1.80. The molecule has 0 aliphatic rings. The molecule has 0 aliphatic heterocycles. The summed E-state index contributed by atoms with van der Waals surface area (Å²) in [5.41, 5.74) is -0.999. The molecule has 210 valence electrons. The van der Waals surface area contributed by atoms with Crippen LogP contribution in [0.4, 0.5) is 4.79 Å². The fraction of sp³-hybridized carbons (Fsp3) is 0.682. The summed E-state index contributed by atoms with van der Waals surface area (Å²) in [6, 6.07) is -1.80. The maximum atomic E-state index is 12.7. The number of nitrogens with one attached hydrogen (secondary N) is 2. The van der Waals surface area contributed by atoms with E-state index in [1.54, 1.807) is 20.8 Å². The number of carboxylic acid groups (broad SMARTS) is 1. The Morgan fingerprint density at radius 2 is 1.43 bits per heavy atom. The fourth-order valence-corrected chi connectivity index (χ4v) is 2.45. The van der Waals surface area contributed by atoms with E-state index in [0.717, 1.165) is 0 Å². The Morgan fingerprint density at radius 1 is 0.892 bits per heavy atom. The predicted molar refractivity (Wildman–Crippen MR) is 124 cm³/mol. The van der Waals surface area contributed by atoms with Crippen molar-refractivity contribution in [1.29, 1.82) is 0 Å². The molecule has 15 nitrogen and oxygen atoms in total. The first kappa shape index (κ1) is 33.2. The third kappa shape index (κ3) is 14.4. The number of hydrogen-bond acceptors (Lipinski definition) is 12. The molecule has 0 aromatic rings. The summed E-state index contributed by atoms with van der Waals surface area (Å²) in [5.74, 6) is -6.07. The molecule has 37 heavy (non-hydrogen) atoms. The van der Waals surface area contributed by atoms with Gasteiger partial charge in [0.1, 0.15) is 12.1 Å². The molecule has 0 bridgehead atoms. The Hall–Kier alpha value is -3.75. The standard InChI is InChI=1S/C22H35N3O12/c1-7-34-19(31)18(20(32)35-8-2)24-15(27)12-25(21(33)37-22(4,5)6)11-14(26)13(3)36-17(30)10-23-9-16(28)29/h13,18,23H,7-12H2,1-6H3,(H,24,27)(H,28,29). The summed E-state index contributed by atoms with van der Waals surface area (Å²) in [6.07, 6.45) is -2.43. The number of hydrogen-bond donors (Lipinski definition) is 3. The highest BCUT2D eigenvalue weighted by Crippen LogP contribution is 2.11. The lowest BCUT2D eigenvalue weighted by molar-refractivity contribution is -0.159. The number of carbonyl (C=O) groups is 7. The normalized spacial score (nSPS) is 11.6. The molecule has 2 amide bonds. The van der Waals surface area contributed by atoms with Gasteiger partial charge in [-0.1, -0.05) is 0 Å². The van der Waals surface area contributed by atoms with Crippen molar-refractivity contribution in [3.8, 4) is 0 Å². The lowest BCUT2D eigenvalue weighted by Gasteiger charge is -2.27. The van der Waals surface area contributed by atoms with Crippen LogP contribution < -0.4 is 10.6 Å². The highest BCUT2D eigenvalue weighted by molar-refractivity contribution is 6.03. The Kier molecular flexibility index (Phi) is 14.5. The third-order valence-corrected chi connectivity index (χ3v) is 3.99. The first-order valence-electron chi connectivity index (χ1n) is 11.4. The van der Waals surface area contributed by atoms with Gasteiger partial charge in [-0.15, -0.1) is 0 Å². The van der Waals surface area contributed by atoms with E-state index in [1.807, 2.05) is 0 Å². The number of nitrogens with zero attached hydrogens (tertiary/aromatic N) is 1. The zero-order valence-electron chi connectivity index (χ0n) is 21.8. The van der Waals surface area contributed by atoms with Crippen LogP contribution in [0.5, 0.6) is 0 Å². The van der Waals surface area contributed by atoms with Crippen LogP contribution in [0.25, 0.3) is 0 Å². The average Bonchev–Trinajstić information content (AvgIpc) is 2.75. The zero-order valence-corrected chi connectivity index (χ0v) is 21.8. The molecule has 0 spiro atoms. The summed E-state index contributed by atoms with van der Waals surface area (Å²) in [6.45, 7) is 6.19. The minimum Gasteiger partial charge on any atom is -0.480 e. The van der Waals surface area contributed by atoms with Crippen molar-refractivity contribution in [2.45, 2.75) is 59.3 Å². The van der Waals surface area contributed by atoms with Gasteiger partial charge in [0.15, 0.2) is 11.9 Å². The van der Waals surface area contributed by atoms with Crippen LogP contribution in [0.3, 0.4) is 0 Å². The van der Waals surface area contributed by atoms with E-state index >= 15 is 0 Å². The van der Waals surface area contributed by atoms with E-state index in [0.29, 0.717) is 4.90 Å². The van der Waals surface area contributed by atoms with Crippen LogP contribution in [0.2, 0.25) is 0 Å². The first-order chi connectivity index (χ1) is 17.1. The van der Waals surface area contributed by atoms with Crippen LogP contribution in [0.1, 0.15) is 41.5 Å². The van der Waals surface area contributed by atoms with E-state index in [-0.39, 0.29) is 13.2 Å². The maximum absolute atomic E-state index is 12.7. The molecule has 0 aromatic heterocycles. The molecular formula is C22H35N3O12. The number of carbonyl (C=O) groups excluding carboxylic acids is 6. The van der Waals surface area contributed by atoms with Crippen molar-refractivity contribution in [2.75, 3.05) is 39.4 Å². The second-order valence-corrected chi connectivity index (χ2v) is 8.44. The first-order valence-corrected chi connectivity index (χ1v) is 11.4. The minimum absolute atomic E-state index is 0.0778. The molecule has 0 aromatic carbocycles. The molecule has 15 heteroatoms. The van der Waals surface area contributed by atoms with Crippen molar-refractivity contribution < 1.29 is 57.6 Å². The molecule has 0 rings (SSSR count). The molecule has 3 N–H and O–H groups in total. The van der Waals surface area contributed by atoms with Gasteiger partial charge in [-0.05, 0) is 41.5 Å². The SMILES string of the molecule is CCOC(=O)C(NC(=O)CN(CC(=O)C(C)OC(=O)CNCC(=O)O)C(=O)OC(C)(C)C)C(=O)OCC. The molecule has 1 atom stereocenters. The van der Waals surface area contributed by atoms with Gasteiger partial charge in [-0.25, -0.2) is 14.4 Å². The lowest BCUT2D eigenvalue weighted by atomic mass is 10.2. The van der Waals surface area contributed by atoms with Crippen LogP contribution in [0, 0.1) is 0 Å². The van der Waals surface area contributed by atoms with Gasteiger partial charge in [0.05, 0.1) is 32.8 Å². The van der Waals surface area contributed by atoms with E-state index < -0.39 is 85.6 Å². The second kappa shape index (κ2) is 16.1. The van der Waals surface area contributed by atoms with E-state index in [1.165, 1.54) is 20.8 Å². The Morgan fingerprint density at radius 3 is 1.89 bits per heavy atom. The van der Waals surface area contributed by atoms with Gasteiger partial charge < -0.3 is 29.4 Å². The lowest BCUT2D eigenvalue weighted by Crippen LogP contribution is -2.53. The highest BCUT2D eigenvalue weighted by atomic mass is 16.6. The largest absolute Gasteiger partial charge is 0.480 e. The number of esters is 3. The van der Waals surface area contributed by atoms with Gasteiger partial charge >= 0.3 is 30.0 Å². The number of rotatable bonds is 15. The summed E-state index contributed by atoms with van der Waals surface area (Å²) >= 11 is 0. The van der Waals surface area contributed by atoms with Crippen LogP contribution >= 0.6 is 0 Å². The zero-order chi connectivity index (χ0) is 28.8. The summed E-state index contributed by atoms with van der Waals surface area (Å²) in [5, 5.41) is 13.0. The van der Waals surface area contributed by atoms with Crippen LogP contribution in [0.15, 0.2) is 0 Å². The molecule has 0 heterocycles. The molecule has 0 saturated carbocycles. The Bertz CT molecular complexity index is 834. The van der Waals surface area contributed by atoms with Gasteiger partial charge in [0, 0.05) is 0 Å². The summed E-state index contributed by atoms with van der Waals surface area (Å²) < 4.78 is 19.7. The second-order valence-electron chi connectivity index (χ2n) is 8.44. The van der Waals surface area contributed by atoms with E-state index in [4.69, 9.17) is 24.1 Å². The van der Waals surface area contributed by atoms with Crippen molar-refractivity contribution in [2.24, 2.45) is 0 Å². The van der Waals surface area contributed by atoms with Gasteiger partial charge in [-0.3, -0.25) is 29.4 Å². The quantitative estimate of drug-likeness (QED) is 0.132. The van der Waals surface area contributed by atoms with Gasteiger partial charge in [0.2, 0.25) is 11.9 Å². The van der Waals surface area contributed by atoms with E-state index in [2.05, 4.69) is 10.6 Å². The number of aliphatic carboxylic acids is 1. The Labute approximate surface area is 214 Å². The molecule has 0 saturated heterocycles. The molecular weight excluding hydrogens is 498 g/mol. The predicted octanol–water partition coefficient (Wildman–Crippen LogP) is -0.990. The average molecular weight is 534 g/mol. The Balaban J connectivity index is 5.46. The van der Waals surface area contributed by atoms with Crippen LogP contribution in [-0.4, -0.2) is 109 Å². The highest BCUT2D eigenvalue weighted by Gasteiger charge is 2.34. The topological polar surface area (TPSA) is 204 Å². The van der Waals surface area contributed by atoms with Crippen molar-refractivity contribution >= 4 is 41.7 Å². The van der Waals surface area contributed by atoms with Crippen molar-refractivity contribution in [3.05, 3.63) is 0 Å². The van der Waals surface area contributed by atoms with E-state index in [9.17, 15) is 33.6 Å². The fourth-order valence-electron chi connectivity index (χ4n) is 2.45. The summed E-state index contributed by atoms with van der Waals surface area (Å²) in [7, 11) is 0. The smallest absolute Gasteiger partial charge is 0.411 e.